The Morgan fingerprint density at radius 3 is 2.48 bits per heavy atom. The summed E-state index contributed by atoms with van der Waals surface area (Å²) < 4.78 is 44.6. The second-order valence-electron chi connectivity index (χ2n) is 7.61. The van der Waals surface area contributed by atoms with Crippen molar-refractivity contribution in [3.8, 4) is 0 Å². The molecule has 0 fully saturated rings. The number of aryl methyl sites for hydroxylation is 1. The molecule has 0 radical (unpaired) electrons. The fourth-order valence-electron chi connectivity index (χ4n) is 3.73. The molecule has 2 amide bonds. The quantitative estimate of drug-likeness (QED) is 0.522. The van der Waals surface area contributed by atoms with Crippen LogP contribution in [0.25, 0.3) is 0 Å². The Morgan fingerprint density at radius 1 is 1.00 bits per heavy atom. The molecule has 6 nitrogen and oxygen atoms in total. The average molecular weight is 455 g/mol. The number of halogens is 3. The molecular weight excluding hydrogens is 435 g/mol. The summed E-state index contributed by atoms with van der Waals surface area (Å²) in [7, 11) is 0. The van der Waals surface area contributed by atoms with Gasteiger partial charge in [-0.15, -0.1) is 0 Å². The van der Waals surface area contributed by atoms with Gasteiger partial charge in [-0.25, -0.2) is 5.43 Å². The maximum atomic E-state index is 13.0. The molecule has 0 bridgehead atoms. The van der Waals surface area contributed by atoms with E-state index in [4.69, 9.17) is 4.42 Å². The van der Waals surface area contributed by atoms with Crippen LogP contribution in [0.1, 0.15) is 56.2 Å². The maximum absolute atomic E-state index is 13.0. The van der Waals surface area contributed by atoms with Crippen molar-refractivity contribution in [3.05, 3.63) is 88.4 Å². The highest BCUT2D eigenvalue weighted by molar-refractivity contribution is 6.09. The van der Waals surface area contributed by atoms with Crippen LogP contribution in [0, 0.1) is 6.92 Å². The van der Waals surface area contributed by atoms with Crippen LogP contribution in [-0.4, -0.2) is 17.5 Å². The van der Waals surface area contributed by atoms with Gasteiger partial charge in [0.1, 0.15) is 5.76 Å². The summed E-state index contributed by atoms with van der Waals surface area (Å²) in [5.74, 6) is -0.463. The van der Waals surface area contributed by atoms with Crippen LogP contribution < -0.4 is 10.7 Å². The molecule has 1 aliphatic rings. The molecule has 33 heavy (non-hydrogen) atoms. The third-order valence-electron chi connectivity index (χ3n) is 5.31. The summed E-state index contributed by atoms with van der Waals surface area (Å²) in [5, 5.41) is 6.72. The van der Waals surface area contributed by atoms with Crippen molar-refractivity contribution < 1.29 is 27.2 Å². The lowest BCUT2D eigenvalue weighted by atomic mass is 9.93. The van der Waals surface area contributed by atoms with Gasteiger partial charge < -0.3 is 9.73 Å². The minimum absolute atomic E-state index is 0.00129. The van der Waals surface area contributed by atoms with Crippen LogP contribution in [0.4, 0.5) is 18.9 Å². The number of alkyl halides is 3. The molecule has 0 saturated heterocycles. The number of nitrogens with zero attached hydrogens (tertiary/aromatic N) is 1. The standard InChI is InChI=1S/C24H20F3N3O3/c1-14-20-18(29-30-22(31)15-7-3-2-4-8-15)11-6-12-19(20)33-21(14)23(32)28-17-10-5-9-16(13-17)24(25,26)27/h2-5,7-10,13H,6,11-12H2,1H3,(H,28,32)(H,30,31)/b29-18+. The van der Waals surface area contributed by atoms with E-state index >= 15 is 0 Å². The van der Waals surface area contributed by atoms with Crippen molar-refractivity contribution in [2.75, 3.05) is 5.32 Å². The zero-order valence-electron chi connectivity index (χ0n) is 17.6. The number of fused-ring (bicyclic) bond motifs is 1. The van der Waals surface area contributed by atoms with Crippen molar-refractivity contribution >= 4 is 23.2 Å². The first kappa shape index (κ1) is 22.3. The zero-order chi connectivity index (χ0) is 23.6. The summed E-state index contributed by atoms with van der Waals surface area (Å²) in [5.41, 5.74) is 3.88. The average Bonchev–Trinajstić information content (AvgIpc) is 3.15. The topological polar surface area (TPSA) is 83.7 Å². The van der Waals surface area contributed by atoms with Gasteiger partial charge in [0.05, 0.1) is 11.3 Å². The minimum Gasteiger partial charge on any atom is -0.455 e. The van der Waals surface area contributed by atoms with Gasteiger partial charge in [0, 0.05) is 28.8 Å². The molecule has 4 rings (SSSR count). The highest BCUT2D eigenvalue weighted by Crippen LogP contribution is 2.32. The van der Waals surface area contributed by atoms with Crippen LogP contribution in [0.15, 0.2) is 64.1 Å². The summed E-state index contributed by atoms with van der Waals surface area (Å²) in [6.45, 7) is 1.68. The molecule has 170 valence electrons. The number of rotatable bonds is 4. The third-order valence-corrected chi connectivity index (χ3v) is 5.31. The SMILES string of the molecule is Cc1c(C(=O)Nc2cccc(C(F)(F)F)c2)oc2c1/C(=N/NC(=O)c1ccccc1)CCC2. The molecule has 3 aromatic rings. The summed E-state index contributed by atoms with van der Waals surface area (Å²) in [6, 6.07) is 13.0. The van der Waals surface area contributed by atoms with Crippen LogP contribution in [0.2, 0.25) is 0 Å². The minimum atomic E-state index is -4.52. The third kappa shape index (κ3) is 4.82. The highest BCUT2D eigenvalue weighted by atomic mass is 19.4. The second kappa shape index (κ2) is 8.93. The number of benzene rings is 2. The van der Waals surface area contributed by atoms with Gasteiger partial charge in [0.15, 0.2) is 5.76 Å². The second-order valence-corrected chi connectivity index (χ2v) is 7.61. The van der Waals surface area contributed by atoms with E-state index in [1.54, 1.807) is 37.3 Å². The molecule has 0 unspecified atom stereocenters. The largest absolute Gasteiger partial charge is 0.455 e. The summed E-state index contributed by atoms with van der Waals surface area (Å²) in [4.78, 5) is 25.1. The van der Waals surface area contributed by atoms with Crippen molar-refractivity contribution in [3.63, 3.8) is 0 Å². The molecule has 0 spiro atoms. The number of hydrogen-bond acceptors (Lipinski definition) is 4. The fourth-order valence-corrected chi connectivity index (χ4v) is 3.73. The van der Waals surface area contributed by atoms with Crippen LogP contribution in [0.5, 0.6) is 0 Å². The molecule has 0 aliphatic heterocycles. The molecule has 1 heterocycles. The molecule has 9 heteroatoms. The van der Waals surface area contributed by atoms with Gasteiger partial charge in [0.25, 0.3) is 11.8 Å². The van der Waals surface area contributed by atoms with E-state index in [0.717, 1.165) is 12.1 Å². The van der Waals surface area contributed by atoms with Crippen molar-refractivity contribution in [1.82, 2.24) is 5.43 Å². The summed E-state index contributed by atoms with van der Waals surface area (Å²) in [6.07, 6.45) is -2.64. The van der Waals surface area contributed by atoms with Gasteiger partial charge in [-0.1, -0.05) is 24.3 Å². The number of carbonyl (C=O) groups is 2. The molecule has 0 atom stereocenters. The van der Waals surface area contributed by atoms with Gasteiger partial charge in [-0.2, -0.15) is 18.3 Å². The molecule has 2 N–H and O–H groups in total. The lowest BCUT2D eigenvalue weighted by Gasteiger charge is -2.13. The number of amides is 2. The van der Waals surface area contributed by atoms with Gasteiger partial charge in [-0.3, -0.25) is 9.59 Å². The number of nitrogens with one attached hydrogen (secondary N) is 2. The Morgan fingerprint density at radius 2 is 1.76 bits per heavy atom. The van der Waals surface area contributed by atoms with E-state index in [1.807, 2.05) is 0 Å². The van der Waals surface area contributed by atoms with Gasteiger partial charge >= 0.3 is 6.18 Å². The molecule has 2 aromatic carbocycles. The Bertz CT molecular complexity index is 1230. The van der Waals surface area contributed by atoms with Crippen molar-refractivity contribution in [2.24, 2.45) is 5.10 Å². The Kier molecular flexibility index (Phi) is 6.04. The molecule has 1 aromatic heterocycles. The Labute approximate surface area is 187 Å². The first-order valence-electron chi connectivity index (χ1n) is 10.3. The predicted octanol–water partition coefficient (Wildman–Crippen LogP) is 5.33. The lowest BCUT2D eigenvalue weighted by molar-refractivity contribution is -0.137. The van der Waals surface area contributed by atoms with E-state index in [2.05, 4.69) is 15.8 Å². The van der Waals surface area contributed by atoms with Gasteiger partial charge in [0.2, 0.25) is 0 Å². The molecular formula is C24H20F3N3O3. The first-order valence-corrected chi connectivity index (χ1v) is 10.3. The summed E-state index contributed by atoms with van der Waals surface area (Å²) >= 11 is 0. The maximum Gasteiger partial charge on any atom is 0.416 e. The fraction of sp³-hybridized carbons (Fsp3) is 0.208. The predicted molar refractivity (Wildman–Crippen MR) is 116 cm³/mol. The van der Waals surface area contributed by atoms with Crippen LogP contribution in [-0.2, 0) is 12.6 Å². The zero-order valence-corrected chi connectivity index (χ0v) is 17.6. The first-order chi connectivity index (χ1) is 15.7. The number of carbonyl (C=O) groups excluding carboxylic acids is 2. The van der Waals surface area contributed by atoms with E-state index in [-0.39, 0.29) is 17.4 Å². The number of hydrogen-bond donors (Lipinski definition) is 2. The van der Waals surface area contributed by atoms with E-state index in [0.29, 0.717) is 47.4 Å². The Hall–Kier alpha value is -3.88. The molecule has 1 aliphatic carbocycles. The highest BCUT2D eigenvalue weighted by Gasteiger charge is 2.31. The molecule has 0 saturated carbocycles. The van der Waals surface area contributed by atoms with Crippen LogP contribution >= 0.6 is 0 Å². The smallest absolute Gasteiger partial charge is 0.416 e. The Balaban J connectivity index is 1.56. The normalized spacial score (nSPS) is 14.6. The number of furan rings is 1. The van der Waals surface area contributed by atoms with E-state index in [9.17, 15) is 22.8 Å². The number of anilines is 1. The van der Waals surface area contributed by atoms with Crippen molar-refractivity contribution in [2.45, 2.75) is 32.4 Å². The number of hydrazone groups is 1. The van der Waals surface area contributed by atoms with Gasteiger partial charge in [-0.05, 0) is 50.1 Å². The van der Waals surface area contributed by atoms with Crippen LogP contribution in [0.3, 0.4) is 0 Å². The van der Waals surface area contributed by atoms with E-state index < -0.39 is 17.6 Å². The van der Waals surface area contributed by atoms with Crippen molar-refractivity contribution in [1.29, 1.82) is 0 Å². The lowest BCUT2D eigenvalue weighted by Crippen LogP contribution is -2.22. The van der Waals surface area contributed by atoms with E-state index in [1.165, 1.54) is 12.1 Å². The monoisotopic (exact) mass is 455 g/mol.